The Morgan fingerprint density at radius 2 is 1.30 bits per heavy atom. The number of nitrogens with two attached hydrogens (primary N) is 1. The molecule has 0 spiro atoms. The summed E-state index contributed by atoms with van der Waals surface area (Å²) in [7, 11) is 0. The molecule has 116 valence electrons. The molecule has 7 nitrogen and oxygen atoms in total. The molecule has 0 atom stereocenters. The molecule has 0 amide bonds. The van der Waals surface area contributed by atoms with Gasteiger partial charge in [-0.3, -0.25) is 0 Å². The SMILES string of the molecule is CC(C)N1CC(N)CN1C(C)C.O=C(O)/C=C/C(=O)O. The van der Waals surface area contributed by atoms with Gasteiger partial charge in [0.1, 0.15) is 0 Å². The van der Waals surface area contributed by atoms with Gasteiger partial charge >= 0.3 is 11.9 Å². The Kier molecular flexibility index (Phi) is 8.05. The van der Waals surface area contributed by atoms with E-state index in [-0.39, 0.29) is 0 Å². The van der Waals surface area contributed by atoms with E-state index in [1.807, 2.05) is 0 Å². The molecule has 0 radical (unpaired) electrons. The molecule has 0 unspecified atom stereocenters. The molecule has 1 saturated heterocycles. The fourth-order valence-electron chi connectivity index (χ4n) is 1.91. The van der Waals surface area contributed by atoms with Crippen LogP contribution in [0.3, 0.4) is 0 Å². The minimum atomic E-state index is -1.26. The standard InChI is InChI=1S/C9H21N3.C4H4O4/c1-7(2)11-5-9(10)6-12(11)8(3)4;5-3(6)1-2-4(7)8/h7-9H,5-6,10H2,1-4H3;1-2H,(H,5,6)(H,7,8)/b;2-1+. The van der Waals surface area contributed by atoms with Gasteiger partial charge in [-0.2, -0.15) is 0 Å². The van der Waals surface area contributed by atoms with Crippen LogP contribution in [0.4, 0.5) is 0 Å². The van der Waals surface area contributed by atoms with Crippen molar-refractivity contribution in [2.24, 2.45) is 5.73 Å². The average Bonchev–Trinajstić information content (AvgIpc) is 2.70. The molecule has 20 heavy (non-hydrogen) atoms. The lowest BCUT2D eigenvalue weighted by molar-refractivity contribution is -0.134. The van der Waals surface area contributed by atoms with E-state index in [2.05, 4.69) is 37.7 Å². The predicted molar refractivity (Wildman–Crippen MR) is 76.1 cm³/mol. The lowest BCUT2D eigenvalue weighted by atomic mass is 10.3. The number of hydrazine groups is 1. The first kappa shape index (κ1) is 18.6. The van der Waals surface area contributed by atoms with Crippen molar-refractivity contribution in [2.75, 3.05) is 13.1 Å². The maximum Gasteiger partial charge on any atom is 0.328 e. The largest absolute Gasteiger partial charge is 0.478 e. The maximum absolute atomic E-state index is 9.55. The number of hydrogen-bond acceptors (Lipinski definition) is 5. The number of rotatable bonds is 4. The van der Waals surface area contributed by atoms with Gasteiger partial charge in [-0.25, -0.2) is 19.6 Å². The Hall–Kier alpha value is -1.44. The number of nitrogens with zero attached hydrogens (tertiary/aromatic N) is 2. The molecule has 0 aromatic heterocycles. The normalized spacial score (nSPS) is 17.8. The summed E-state index contributed by atoms with van der Waals surface area (Å²) >= 11 is 0. The first-order valence-electron chi connectivity index (χ1n) is 6.57. The third-order valence-corrected chi connectivity index (χ3v) is 2.73. The topological polar surface area (TPSA) is 107 Å². The van der Waals surface area contributed by atoms with Gasteiger partial charge in [0.05, 0.1) is 0 Å². The summed E-state index contributed by atoms with van der Waals surface area (Å²) in [5, 5.41) is 20.4. The van der Waals surface area contributed by atoms with Crippen LogP contribution in [0.5, 0.6) is 0 Å². The molecule has 1 aliphatic rings. The van der Waals surface area contributed by atoms with Gasteiger partial charge in [0.25, 0.3) is 0 Å². The van der Waals surface area contributed by atoms with Crippen molar-refractivity contribution in [1.29, 1.82) is 0 Å². The summed E-state index contributed by atoms with van der Waals surface area (Å²) < 4.78 is 0. The van der Waals surface area contributed by atoms with E-state index in [4.69, 9.17) is 15.9 Å². The zero-order valence-corrected chi connectivity index (χ0v) is 12.5. The average molecular weight is 287 g/mol. The first-order chi connectivity index (χ1) is 9.15. The molecule has 1 aliphatic heterocycles. The monoisotopic (exact) mass is 287 g/mol. The number of carbonyl (C=O) groups is 2. The van der Waals surface area contributed by atoms with Gasteiger partial charge in [0.2, 0.25) is 0 Å². The van der Waals surface area contributed by atoms with Gasteiger partial charge in [-0.05, 0) is 27.7 Å². The maximum atomic E-state index is 9.55. The highest BCUT2D eigenvalue weighted by Crippen LogP contribution is 2.16. The van der Waals surface area contributed by atoms with Gasteiger partial charge in [0, 0.05) is 43.4 Å². The Morgan fingerprint density at radius 3 is 1.50 bits per heavy atom. The number of hydrogen-bond donors (Lipinski definition) is 3. The highest BCUT2D eigenvalue weighted by Gasteiger charge is 2.30. The van der Waals surface area contributed by atoms with Crippen LogP contribution >= 0.6 is 0 Å². The molecule has 0 aliphatic carbocycles. The summed E-state index contributed by atoms with van der Waals surface area (Å²) in [6.45, 7) is 10.9. The zero-order chi connectivity index (χ0) is 15.9. The Morgan fingerprint density at radius 1 is 1.00 bits per heavy atom. The smallest absolute Gasteiger partial charge is 0.328 e. The lowest BCUT2D eigenvalue weighted by Crippen LogP contribution is -2.44. The Bertz CT molecular complexity index is 324. The summed E-state index contributed by atoms with van der Waals surface area (Å²) in [5.74, 6) is -2.51. The van der Waals surface area contributed by atoms with Crippen molar-refractivity contribution in [2.45, 2.75) is 45.8 Å². The van der Waals surface area contributed by atoms with Crippen LogP contribution in [0.2, 0.25) is 0 Å². The van der Waals surface area contributed by atoms with E-state index in [9.17, 15) is 9.59 Å². The van der Waals surface area contributed by atoms with E-state index >= 15 is 0 Å². The summed E-state index contributed by atoms with van der Waals surface area (Å²) in [6.07, 6.45) is 1.12. The van der Waals surface area contributed by atoms with Gasteiger partial charge in [-0.1, -0.05) is 0 Å². The molecule has 4 N–H and O–H groups in total. The van der Waals surface area contributed by atoms with Gasteiger partial charge < -0.3 is 15.9 Å². The molecule has 1 heterocycles. The van der Waals surface area contributed by atoms with Crippen LogP contribution in [0.25, 0.3) is 0 Å². The molecule has 7 heteroatoms. The fraction of sp³-hybridized carbons (Fsp3) is 0.692. The number of aliphatic carboxylic acids is 2. The van der Waals surface area contributed by atoms with E-state index in [1.165, 1.54) is 0 Å². The summed E-state index contributed by atoms with van der Waals surface area (Å²) in [6, 6.07) is 1.47. The third-order valence-electron chi connectivity index (χ3n) is 2.73. The van der Waals surface area contributed by atoms with Crippen LogP contribution in [-0.4, -0.2) is 63.4 Å². The van der Waals surface area contributed by atoms with E-state index in [0.29, 0.717) is 30.3 Å². The summed E-state index contributed by atoms with van der Waals surface area (Å²) in [4.78, 5) is 19.1. The quantitative estimate of drug-likeness (QED) is 0.641. The van der Waals surface area contributed by atoms with E-state index in [0.717, 1.165) is 13.1 Å². The highest BCUT2D eigenvalue weighted by molar-refractivity contribution is 5.89. The second-order valence-electron chi connectivity index (χ2n) is 5.20. The van der Waals surface area contributed by atoms with E-state index in [1.54, 1.807) is 0 Å². The van der Waals surface area contributed by atoms with Gasteiger partial charge in [0.15, 0.2) is 0 Å². The van der Waals surface area contributed by atoms with Crippen LogP contribution in [0, 0.1) is 0 Å². The van der Waals surface area contributed by atoms with Crippen LogP contribution in [0.15, 0.2) is 12.2 Å². The van der Waals surface area contributed by atoms with Crippen molar-refractivity contribution in [1.82, 2.24) is 10.0 Å². The molecular formula is C13H25N3O4. The third kappa shape index (κ3) is 7.22. The van der Waals surface area contributed by atoms with Crippen LogP contribution in [0.1, 0.15) is 27.7 Å². The first-order valence-corrected chi connectivity index (χ1v) is 6.57. The molecule has 1 rings (SSSR count). The highest BCUT2D eigenvalue weighted by atomic mass is 16.4. The van der Waals surface area contributed by atoms with E-state index < -0.39 is 11.9 Å². The van der Waals surface area contributed by atoms with Crippen molar-refractivity contribution in [3.05, 3.63) is 12.2 Å². The second-order valence-corrected chi connectivity index (χ2v) is 5.20. The molecular weight excluding hydrogens is 262 g/mol. The molecule has 0 aromatic carbocycles. The second kappa shape index (κ2) is 8.68. The number of carboxylic acid groups (broad SMARTS) is 2. The summed E-state index contributed by atoms with van der Waals surface area (Å²) in [5.41, 5.74) is 5.91. The van der Waals surface area contributed by atoms with Crippen molar-refractivity contribution in [3.8, 4) is 0 Å². The number of carboxylic acids is 2. The van der Waals surface area contributed by atoms with Gasteiger partial charge in [-0.15, -0.1) is 0 Å². The minimum absolute atomic E-state index is 0.329. The molecule has 1 fully saturated rings. The van der Waals surface area contributed by atoms with Crippen molar-refractivity contribution < 1.29 is 19.8 Å². The van der Waals surface area contributed by atoms with Crippen molar-refractivity contribution >= 4 is 11.9 Å². The zero-order valence-electron chi connectivity index (χ0n) is 12.5. The lowest BCUT2D eigenvalue weighted by Gasteiger charge is -2.33. The van der Waals surface area contributed by atoms with Crippen LogP contribution < -0.4 is 5.73 Å². The Balaban J connectivity index is 0.000000396. The minimum Gasteiger partial charge on any atom is -0.478 e. The molecule has 0 bridgehead atoms. The molecule has 0 aromatic rings. The van der Waals surface area contributed by atoms with Crippen molar-refractivity contribution in [3.63, 3.8) is 0 Å². The Labute approximate surface area is 119 Å². The predicted octanol–water partition coefficient (Wildman–Crippen LogP) is 0.375. The molecule has 0 saturated carbocycles. The fourth-order valence-corrected chi connectivity index (χ4v) is 1.91. The van der Waals surface area contributed by atoms with Crippen LogP contribution in [-0.2, 0) is 9.59 Å².